The van der Waals surface area contributed by atoms with E-state index in [0.717, 1.165) is 30.9 Å². The summed E-state index contributed by atoms with van der Waals surface area (Å²) in [6.07, 6.45) is 7.31. The highest BCUT2D eigenvalue weighted by atomic mass is 32.2. The summed E-state index contributed by atoms with van der Waals surface area (Å²) in [5, 5.41) is 3.77. The van der Waals surface area contributed by atoms with Crippen LogP contribution in [-0.2, 0) is 4.79 Å². The quantitative estimate of drug-likeness (QED) is 0.753. The first-order chi connectivity index (χ1) is 7.17. The van der Waals surface area contributed by atoms with Crippen LogP contribution in [0.15, 0.2) is 0 Å². The molecule has 3 N–H and O–H groups in total. The van der Waals surface area contributed by atoms with Crippen LogP contribution in [0.2, 0.25) is 0 Å². The average molecular weight is 230 g/mol. The zero-order valence-electron chi connectivity index (χ0n) is 9.66. The Balaban J connectivity index is 2.27. The average Bonchev–Trinajstić information content (AvgIpc) is 2.66. The van der Waals surface area contributed by atoms with Crippen molar-refractivity contribution in [2.45, 2.75) is 56.4 Å². The van der Waals surface area contributed by atoms with Crippen LogP contribution in [0.4, 0.5) is 0 Å². The standard InChI is InChI=1S/C11H22N2OS/c1-3-4-10(12)11(14)13-8-5-6-9(7-8)15-2/h8-10H,3-7,12H2,1-2H3,(H,13,14)/t8?,9?,10-/m0/s1. The molecular formula is C11H22N2OS. The third-order valence-electron chi connectivity index (χ3n) is 3.00. The third kappa shape index (κ3) is 4.03. The minimum Gasteiger partial charge on any atom is -0.352 e. The highest BCUT2D eigenvalue weighted by molar-refractivity contribution is 7.99. The number of nitrogens with one attached hydrogen (secondary N) is 1. The van der Waals surface area contributed by atoms with Crippen molar-refractivity contribution >= 4 is 17.7 Å². The molecule has 1 fully saturated rings. The van der Waals surface area contributed by atoms with Crippen LogP contribution < -0.4 is 11.1 Å². The first kappa shape index (κ1) is 12.8. The van der Waals surface area contributed by atoms with E-state index < -0.39 is 0 Å². The van der Waals surface area contributed by atoms with Gasteiger partial charge in [0.25, 0.3) is 0 Å². The number of carbonyl (C=O) groups excluding carboxylic acids is 1. The number of rotatable bonds is 5. The van der Waals surface area contributed by atoms with Crippen LogP contribution in [-0.4, -0.2) is 29.5 Å². The zero-order valence-corrected chi connectivity index (χ0v) is 10.5. The molecule has 3 nitrogen and oxygen atoms in total. The number of thioether (sulfide) groups is 1. The Morgan fingerprint density at radius 1 is 1.60 bits per heavy atom. The molecule has 0 heterocycles. The summed E-state index contributed by atoms with van der Waals surface area (Å²) in [5.74, 6) is 0.0311. The Hall–Kier alpha value is -0.220. The lowest BCUT2D eigenvalue weighted by atomic mass is 10.1. The van der Waals surface area contributed by atoms with Crippen LogP contribution in [0.3, 0.4) is 0 Å². The predicted molar refractivity (Wildman–Crippen MR) is 66.0 cm³/mol. The highest BCUT2D eigenvalue weighted by Crippen LogP contribution is 2.28. The molecule has 2 unspecified atom stereocenters. The van der Waals surface area contributed by atoms with Gasteiger partial charge in [0.05, 0.1) is 6.04 Å². The van der Waals surface area contributed by atoms with Crippen LogP contribution in [0.5, 0.6) is 0 Å². The van der Waals surface area contributed by atoms with Gasteiger partial charge in [-0.2, -0.15) is 11.8 Å². The fourth-order valence-corrected chi connectivity index (χ4v) is 2.83. The lowest BCUT2D eigenvalue weighted by Crippen LogP contribution is -2.44. The molecule has 0 spiro atoms. The summed E-state index contributed by atoms with van der Waals surface area (Å²) in [5.41, 5.74) is 5.76. The molecule has 0 radical (unpaired) electrons. The van der Waals surface area contributed by atoms with E-state index in [4.69, 9.17) is 5.73 Å². The van der Waals surface area contributed by atoms with E-state index in [1.165, 1.54) is 6.42 Å². The van der Waals surface area contributed by atoms with Gasteiger partial charge in [-0.05, 0) is 31.9 Å². The lowest BCUT2D eigenvalue weighted by Gasteiger charge is -2.16. The second-order valence-electron chi connectivity index (χ2n) is 4.27. The number of nitrogens with two attached hydrogens (primary N) is 1. The molecule has 0 aromatic rings. The minimum absolute atomic E-state index is 0.0311. The maximum atomic E-state index is 11.6. The van der Waals surface area contributed by atoms with E-state index in [2.05, 4.69) is 11.6 Å². The molecule has 15 heavy (non-hydrogen) atoms. The summed E-state index contributed by atoms with van der Waals surface area (Å²) in [6, 6.07) is 0.0428. The minimum atomic E-state index is -0.316. The number of hydrogen-bond acceptors (Lipinski definition) is 3. The predicted octanol–water partition coefficient (Wildman–Crippen LogP) is 1.51. The Kier molecular flexibility index (Phi) is 5.47. The number of hydrogen-bond donors (Lipinski definition) is 2. The van der Waals surface area contributed by atoms with Crippen LogP contribution in [0.1, 0.15) is 39.0 Å². The van der Waals surface area contributed by atoms with E-state index in [1.54, 1.807) is 0 Å². The first-order valence-electron chi connectivity index (χ1n) is 5.76. The molecule has 0 saturated heterocycles. The fraction of sp³-hybridized carbons (Fsp3) is 0.909. The molecule has 3 atom stereocenters. The van der Waals surface area contributed by atoms with Gasteiger partial charge in [-0.15, -0.1) is 0 Å². The van der Waals surface area contributed by atoms with Gasteiger partial charge >= 0.3 is 0 Å². The van der Waals surface area contributed by atoms with Crippen molar-refractivity contribution in [1.29, 1.82) is 0 Å². The Bertz CT molecular complexity index is 211. The van der Waals surface area contributed by atoms with Crippen molar-refractivity contribution in [3.05, 3.63) is 0 Å². The van der Waals surface area contributed by atoms with Crippen molar-refractivity contribution in [3.63, 3.8) is 0 Å². The topological polar surface area (TPSA) is 55.1 Å². The molecule has 0 aromatic heterocycles. The number of carbonyl (C=O) groups is 1. The van der Waals surface area contributed by atoms with Gasteiger partial charge < -0.3 is 11.1 Å². The lowest BCUT2D eigenvalue weighted by molar-refractivity contribution is -0.123. The van der Waals surface area contributed by atoms with E-state index in [1.807, 2.05) is 18.7 Å². The largest absolute Gasteiger partial charge is 0.352 e. The van der Waals surface area contributed by atoms with Crippen molar-refractivity contribution in [1.82, 2.24) is 5.32 Å². The normalized spacial score (nSPS) is 27.7. The molecule has 4 heteroatoms. The van der Waals surface area contributed by atoms with Crippen molar-refractivity contribution in [3.8, 4) is 0 Å². The smallest absolute Gasteiger partial charge is 0.237 e. The summed E-state index contributed by atoms with van der Waals surface area (Å²) in [4.78, 5) is 11.6. The van der Waals surface area contributed by atoms with E-state index in [0.29, 0.717) is 6.04 Å². The van der Waals surface area contributed by atoms with Crippen molar-refractivity contribution < 1.29 is 4.79 Å². The highest BCUT2D eigenvalue weighted by Gasteiger charge is 2.26. The first-order valence-corrected chi connectivity index (χ1v) is 7.05. The van der Waals surface area contributed by atoms with Gasteiger partial charge in [0.15, 0.2) is 0 Å². The summed E-state index contributed by atoms with van der Waals surface area (Å²) in [7, 11) is 0. The second-order valence-corrected chi connectivity index (χ2v) is 5.41. The molecule has 0 bridgehead atoms. The van der Waals surface area contributed by atoms with Gasteiger partial charge in [0.1, 0.15) is 0 Å². The van der Waals surface area contributed by atoms with Crippen molar-refractivity contribution in [2.24, 2.45) is 5.73 Å². The Morgan fingerprint density at radius 3 is 2.87 bits per heavy atom. The van der Waals surface area contributed by atoms with E-state index in [9.17, 15) is 4.79 Å². The Morgan fingerprint density at radius 2 is 2.33 bits per heavy atom. The summed E-state index contributed by atoms with van der Waals surface area (Å²) < 4.78 is 0. The molecule has 1 aliphatic rings. The number of amides is 1. The SMILES string of the molecule is CCC[C@H](N)C(=O)NC1CCC(SC)C1. The maximum absolute atomic E-state index is 11.6. The van der Waals surface area contributed by atoms with Gasteiger partial charge in [-0.3, -0.25) is 4.79 Å². The molecule has 0 aromatic carbocycles. The third-order valence-corrected chi connectivity index (χ3v) is 4.10. The molecule has 1 rings (SSSR count). The molecule has 1 aliphatic carbocycles. The second kappa shape index (κ2) is 6.38. The summed E-state index contributed by atoms with van der Waals surface area (Å²) in [6.45, 7) is 2.05. The molecule has 88 valence electrons. The van der Waals surface area contributed by atoms with E-state index in [-0.39, 0.29) is 11.9 Å². The zero-order chi connectivity index (χ0) is 11.3. The molecule has 1 saturated carbocycles. The van der Waals surface area contributed by atoms with Gasteiger partial charge in [-0.25, -0.2) is 0 Å². The van der Waals surface area contributed by atoms with E-state index >= 15 is 0 Å². The van der Waals surface area contributed by atoms with Gasteiger partial charge in [0, 0.05) is 11.3 Å². The van der Waals surface area contributed by atoms with Crippen LogP contribution in [0.25, 0.3) is 0 Å². The molecular weight excluding hydrogens is 208 g/mol. The van der Waals surface area contributed by atoms with Crippen molar-refractivity contribution in [2.75, 3.05) is 6.26 Å². The van der Waals surface area contributed by atoms with Gasteiger partial charge in [0.2, 0.25) is 5.91 Å². The van der Waals surface area contributed by atoms with Crippen LogP contribution >= 0.6 is 11.8 Å². The summed E-state index contributed by atoms with van der Waals surface area (Å²) >= 11 is 1.90. The monoisotopic (exact) mass is 230 g/mol. The fourth-order valence-electron chi connectivity index (χ4n) is 2.04. The van der Waals surface area contributed by atoms with Gasteiger partial charge in [-0.1, -0.05) is 13.3 Å². The Labute approximate surface area is 96.6 Å². The van der Waals surface area contributed by atoms with Crippen LogP contribution in [0, 0.1) is 0 Å². The molecule has 0 aliphatic heterocycles. The maximum Gasteiger partial charge on any atom is 0.237 e. The molecule has 1 amide bonds.